The quantitative estimate of drug-likeness (QED) is 0.638. The Morgan fingerprint density at radius 2 is 2.42 bits per heavy atom. The first kappa shape index (κ1) is 13.4. The van der Waals surface area contributed by atoms with E-state index in [2.05, 4.69) is 21.1 Å². The van der Waals surface area contributed by atoms with Crippen LogP contribution in [-0.2, 0) is 9.59 Å². The second-order valence-electron chi connectivity index (χ2n) is 4.20. The van der Waals surface area contributed by atoms with Crippen molar-refractivity contribution in [2.45, 2.75) is 20.3 Å². The molecule has 6 nitrogen and oxygen atoms in total. The Morgan fingerprint density at radius 3 is 3.00 bits per heavy atom. The maximum absolute atomic E-state index is 11.7. The van der Waals surface area contributed by atoms with Crippen LogP contribution in [0.25, 0.3) is 0 Å². The minimum absolute atomic E-state index is 0.0579. The third-order valence-electron chi connectivity index (χ3n) is 2.78. The highest BCUT2D eigenvalue weighted by Crippen LogP contribution is 2.12. The lowest BCUT2D eigenvalue weighted by Crippen LogP contribution is -2.29. The summed E-state index contributed by atoms with van der Waals surface area (Å²) in [4.78, 5) is 24.1. The van der Waals surface area contributed by atoms with Gasteiger partial charge in [0.05, 0.1) is 11.6 Å². The Hall–Kier alpha value is -2.02. The summed E-state index contributed by atoms with van der Waals surface area (Å²) in [5, 5.41) is 9.75. The lowest BCUT2D eigenvalue weighted by molar-refractivity contribution is -0.127. The molecule has 2 N–H and O–H groups in total. The fraction of sp³-hybridized carbons (Fsp3) is 0.333. The van der Waals surface area contributed by atoms with E-state index >= 15 is 0 Å². The molecule has 2 amide bonds. The summed E-state index contributed by atoms with van der Waals surface area (Å²) in [5.41, 5.74) is 6.17. The third kappa shape index (κ3) is 3.25. The molecule has 0 radical (unpaired) electrons. The fourth-order valence-electron chi connectivity index (χ4n) is 1.65. The van der Waals surface area contributed by atoms with Crippen molar-refractivity contribution in [3.05, 3.63) is 22.4 Å². The van der Waals surface area contributed by atoms with E-state index in [1.807, 2.05) is 24.4 Å². The second-order valence-corrected chi connectivity index (χ2v) is 5.14. The van der Waals surface area contributed by atoms with E-state index in [1.54, 1.807) is 18.3 Å². The molecule has 1 aliphatic rings. The van der Waals surface area contributed by atoms with Crippen molar-refractivity contribution in [2.24, 2.45) is 16.1 Å². The maximum Gasteiger partial charge on any atom is 0.249 e. The van der Waals surface area contributed by atoms with Crippen LogP contribution in [0.3, 0.4) is 0 Å². The highest BCUT2D eigenvalue weighted by molar-refractivity contribution is 7.12. The maximum atomic E-state index is 11.7. The number of hydrazone groups is 2. The molecular weight excluding hydrogens is 264 g/mol. The number of nitrogens with one attached hydrogen (secondary N) is 2. The van der Waals surface area contributed by atoms with Gasteiger partial charge in [0.25, 0.3) is 0 Å². The molecule has 0 aliphatic carbocycles. The third-order valence-corrected chi connectivity index (χ3v) is 3.76. The molecule has 0 bridgehead atoms. The van der Waals surface area contributed by atoms with Gasteiger partial charge >= 0.3 is 0 Å². The zero-order valence-electron chi connectivity index (χ0n) is 10.6. The van der Waals surface area contributed by atoms with Gasteiger partial charge in [-0.05, 0) is 25.3 Å². The van der Waals surface area contributed by atoms with E-state index in [4.69, 9.17) is 0 Å². The van der Waals surface area contributed by atoms with Gasteiger partial charge in [-0.15, -0.1) is 11.3 Å². The van der Waals surface area contributed by atoms with Crippen molar-refractivity contribution in [3.63, 3.8) is 0 Å². The highest BCUT2D eigenvalue weighted by Gasteiger charge is 2.29. The molecule has 0 unspecified atom stereocenters. The zero-order valence-corrected chi connectivity index (χ0v) is 11.5. The fourth-order valence-corrected chi connectivity index (χ4v) is 2.32. The Labute approximate surface area is 114 Å². The molecule has 1 aromatic rings. The van der Waals surface area contributed by atoms with Crippen molar-refractivity contribution in [3.8, 4) is 0 Å². The minimum atomic E-state index is -0.489. The molecule has 2 rings (SSSR count). The second kappa shape index (κ2) is 5.75. The minimum Gasteiger partial charge on any atom is -0.273 e. The molecule has 1 atom stereocenters. The molecule has 7 heteroatoms. The average Bonchev–Trinajstić information content (AvgIpc) is 3.01. The lowest BCUT2D eigenvalue weighted by atomic mass is 10.0. The zero-order chi connectivity index (χ0) is 13.8. The van der Waals surface area contributed by atoms with Gasteiger partial charge in [-0.1, -0.05) is 6.07 Å². The molecule has 1 aliphatic heterocycles. The van der Waals surface area contributed by atoms with Crippen molar-refractivity contribution in [1.29, 1.82) is 0 Å². The summed E-state index contributed by atoms with van der Waals surface area (Å²) in [5.74, 6) is -1.03. The molecule has 1 aromatic heterocycles. The number of hydrogen-bond acceptors (Lipinski definition) is 5. The number of carbonyl (C=O) groups excluding carboxylic acids is 2. The summed E-state index contributed by atoms with van der Waals surface area (Å²) >= 11 is 1.55. The topological polar surface area (TPSA) is 82.9 Å². The van der Waals surface area contributed by atoms with Crippen LogP contribution in [0.4, 0.5) is 0 Å². The summed E-state index contributed by atoms with van der Waals surface area (Å²) in [6.45, 7) is 3.54. The van der Waals surface area contributed by atoms with Gasteiger partial charge in [0.15, 0.2) is 0 Å². The van der Waals surface area contributed by atoms with Crippen LogP contribution >= 0.6 is 11.3 Å². The Kier molecular flexibility index (Phi) is 4.06. The SMILES string of the molecule is CC1=NNC(=O)[C@H]1CC(=O)N/N=C(/C)c1cccs1. The molecule has 0 saturated heterocycles. The number of hydrogen-bond donors (Lipinski definition) is 2. The van der Waals surface area contributed by atoms with Gasteiger partial charge in [-0.3, -0.25) is 9.59 Å². The van der Waals surface area contributed by atoms with Crippen molar-refractivity contribution < 1.29 is 9.59 Å². The first-order chi connectivity index (χ1) is 9.08. The smallest absolute Gasteiger partial charge is 0.249 e. The molecule has 2 heterocycles. The summed E-state index contributed by atoms with van der Waals surface area (Å²) in [6, 6.07) is 3.85. The van der Waals surface area contributed by atoms with E-state index in [0.717, 1.165) is 10.6 Å². The van der Waals surface area contributed by atoms with Gasteiger partial charge in [-0.2, -0.15) is 10.2 Å². The molecular formula is C12H14N4O2S. The van der Waals surface area contributed by atoms with Crippen molar-refractivity contribution in [2.75, 3.05) is 0 Å². The Balaban J connectivity index is 1.90. The van der Waals surface area contributed by atoms with Crippen LogP contribution in [0.2, 0.25) is 0 Å². The van der Waals surface area contributed by atoms with Gasteiger partial charge in [-0.25, -0.2) is 10.9 Å². The van der Waals surface area contributed by atoms with Crippen LogP contribution < -0.4 is 10.9 Å². The number of thiophene rings is 1. The number of rotatable bonds is 4. The van der Waals surface area contributed by atoms with E-state index in [9.17, 15) is 9.59 Å². The Bertz CT molecular complexity index is 548. The highest BCUT2D eigenvalue weighted by atomic mass is 32.1. The molecule has 0 fully saturated rings. The van der Waals surface area contributed by atoms with Gasteiger partial charge in [0.1, 0.15) is 0 Å². The van der Waals surface area contributed by atoms with E-state index in [-0.39, 0.29) is 18.2 Å². The van der Waals surface area contributed by atoms with E-state index in [0.29, 0.717) is 5.71 Å². The summed E-state index contributed by atoms with van der Waals surface area (Å²) in [6.07, 6.45) is 0.0579. The van der Waals surface area contributed by atoms with Crippen LogP contribution in [-0.4, -0.2) is 23.2 Å². The molecule has 0 aromatic carbocycles. The first-order valence-electron chi connectivity index (χ1n) is 5.79. The lowest BCUT2D eigenvalue weighted by Gasteiger charge is -2.06. The number of amides is 2. The predicted octanol–water partition coefficient (Wildman–Crippen LogP) is 1.10. The van der Waals surface area contributed by atoms with Crippen LogP contribution in [0.15, 0.2) is 27.7 Å². The van der Waals surface area contributed by atoms with Gasteiger partial charge in [0.2, 0.25) is 11.8 Å². The molecule has 19 heavy (non-hydrogen) atoms. The largest absolute Gasteiger partial charge is 0.273 e. The molecule has 0 spiro atoms. The summed E-state index contributed by atoms with van der Waals surface area (Å²) in [7, 11) is 0. The van der Waals surface area contributed by atoms with Crippen LogP contribution in [0.1, 0.15) is 25.1 Å². The normalized spacial score (nSPS) is 19.1. The van der Waals surface area contributed by atoms with Crippen molar-refractivity contribution >= 4 is 34.6 Å². The first-order valence-corrected chi connectivity index (χ1v) is 6.67. The predicted molar refractivity (Wildman–Crippen MR) is 74.0 cm³/mol. The van der Waals surface area contributed by atoms with Gasteiger partial charge < -0.3 is 0 Å². The molecule has 0 saturated carbocycles. The Morgan fingerprint density at radius 1 is 1.63 bits per heavy atom. The van der Waals surface area contributed by atoms with Gasteiger partial charge in [0, 0.05) is 17.0 Å². The van der Waals surface area contributed by atoms with Crippen LogP contribution in [0, 0.1) is 5.92 Å². The monoisotopic (exact) mass is 278 g/mol. The van der Waals surface area contributed by atoms with E-state index < -0.39 is 5.92 Å². The van der Waals surface area contributed by atoms with Crippen LogP contribution in [0.5, 0.6) is 0 Å². The van der Waals surface area contributed by atoms with Crippen molar-refractivity contribution in [1.82, 2.24) is 10.9 Å². The standard InChI is InChI=1S/C12H14N4O2S/c1-7-9(12(18)16-13-7)6-11(17)15-14-8(2)10-4-3-5-19-10/h3-5,9H,6H2,1-2H3,(H,15,17)(H,16,18)/b14-8-/t9-/m0/s1. The van der Waals surface area contributed by atoms with E-state index in [1.165, 1.54) is 0 Å². The molecule has 100 valence electrons. The summed E-state index contributed by atoms with van der Waals surface area (Å²) < 4.78 is 0. The average molecular weight is 278 g/mol. The number of carbonyl (C=O) groups is 2. The number of nitrogens with zero attached hydrogens (tertiary/aromatic N) is 2.